The van der Waals surface area contributed by atoms with E-state index in [1.54, 1.807) is 19.2 Å². The molecule has 4 rings (SSSR count). The standard InChI is InChI=1S/C27H27NO5S/c1-15(2)20-13-21(16(3)12-22(20)33-4)25(30)23-24(17-7-9-18(29)10-8-17)28(27(32)26(23)31)14-19-6-5-11-34-19/h5-13,15,24,29-30H,14H2,1-4H3/b25-23+. The number of rotatable bonds is 6. The molecule has 2 heterocycles. The van der Waals surface area contributed by atoms with Crippen molar-refractivity contribution < 1.29 is 24.5 Å². The molecular weight excluding hydrogens is 450 g/mol. The number of aryl methyl sites for hydroxylation is 1. The van der Waals surface area contributed by atoms with Gasteiger partial charge in [-0.05, 0) is 65.2 Å². The maximum Gasteiger partial charge on any atom is 0.295 e. The van der Waals surface area contributed by atoms with Gasteiger partial charge < -0.3 is 19.8 Å². The van der Waals surface area contributed by atoms with Crippen LogP contribution >= 0.6 is 11.3 Å². The number of phenolic OH excluding ortho intramolecular Hbond substituents is 1. The van der Waals surface area contributed by atoms with Gasteiger partial charge in [0, 0.05) is 10.4 Å². The lowest BCUT2D eigenvalue weighted by atomic mass is 9.91. The number of methoxy groups -OCH3 is 1. The van der Waals surface area contributed by atoms with E-state index in [4.69, 9.17) is 4.74 Å². The maximum atomic E-state index is 13.3. The molecule has 176 valence electrons. The number of carbonyl (C=O) groups excluding carboxylic acids is 2. The summed E-state index contributed by atoms with van der Waals surface area (Å²) in [5.41, 5.74) is 2.78. The van der Waals surface area contributed by atoms with Crippen molar-refractivity contribution in [1.29, 1.82) is 0 Å². The third-order valence-corrected chi connectivity index (χ3v) is 6.97. The summed E-state index contributed by atoms with van der Waals surface area (Å²) in [7, 11) is 1.60. The molecule has 1 atom stereocenters. The summed E-state index contributed by atoms with van der Waals surface area (Å²) in [4.78, 5) is 28.8. The minimum atomic E-state index is -0.785. The maximum absolute atomic E-state index is 13.3. The van der Waals surface area contributed by atoms with E-state index in [1.807, 2.05) is 50.4 Å². The highest BCUT2D eigenvalue weighted by atomic mass is 32.1. The number of ketones is 1. The number of thiophene rings is 1. The van der Waals surface area contributed by atoms with Crippen LogP contribution in [0, 0.1) is 6.92 Å². The molecule has 0 radical (unpaired) electrons. The number of benzene rings is 2. The average molecular weight is 478 g/mol. The Morgan fingerprint density at radius 1 is 1.15 bits per heavy atom. The SMILES string of the molecule is COc1cc(C)c(/C(O)=C2\C(=O)C(=O)N(Cc3cccs3)C2c2ccc(O)cc2)cc1C(C)C. The molecule has 0 aliphatic carbocycles. The number of hydrogen-bond donors (Lipinski definition) is 2. The topological polar surface area (TPSA) is 87.1 Å². The molecule has 7 heteroatoms. The van der Waals surface area contributed by atoms with Crippen LogP contribution in [0.15, 0.2) is 59.5 Å². The second-order valence-electron chi connectivity index (χ2n) is 8.66. The number of aliphatic hydroxyl groups is 1. The van der Waals surface area contributed by atoms with Crippen LogP contribution in [0.2, 0.25) is 0 Å². The fraction of sp³-hybridized carbons (Fsp3) is 0.259. The number of Topliss-reactive ketones (excluding diaryl/α,β-unsaturated/α-hetero) is 1. The molecule has 1 aromatic heterocycles. The van der Waals surface area contributed by atoms with Crippen LogP contribution in [0.1, 0.15) is 52.9 Å². The highest BCUT2D eigenvalue weighted by Crippen LogP contribution is 2.42. The molecule has 1 aliphatic rings. The predicted molar refractivity (Wildman–Crippen MR) is 132 cm³/mol. The Morgan fingerprint density at radius 2 is 1.85 bits per heavy atom. The van der Waals surface area contributed by atoms with Crippen LogP contribution in [-0.2, 0) is 16.1 Å². The summed E-state index contributed by atoms with van der Waals surface area (Å²) < 4.78 is 5.51. The number of hydrogen-bond acceptors (Lipinski definition) is 6. The molecule has 2 aromatic carbocycles. The van der Waals surface area contributed by atoms with Gasteiger partial charge in [0.2, 0.25) is 0 Å². The van der Waals surface area contributed by atoms with Crippen LogP contribution in [0.4, 0.5) is 0 Å². The lowest BCUT2D eigenvalue weighted by Gasteiger charge is -2.25. The van der Waals surface area contributed by atoms with E-state index in [1.165, 1.54) is 28.4 Å². The highest BCUT2D eigenvalue weighted by Gasteiger charge is 2.46. The van der Waals surface area contributed by atoms with E-state index < -0.39 is 17.7 Å². The van der Waals surface area contributed by atoms with Gasteiger partial charge in [-0.1, -0.05) is 32.0 Å². The number of carbonyl (C=O) groups is 2. The van der Waals surface area contributed by atoms with Crippen LogP contribution in [0.5, 0.6) is 11.5 Å². The van der Waals surface area contributed by atoms with E-state index >= 15 is 0 Å². The van der Waals surface area contributed by atoms with E-state index in [-0.39, 0.29) is 29.5 Å². The number of nitrogens with zero attached hydrogens (tertiary/aromatic N) is 1. The molecule has 6 nitrogen and oxygen atoms in total. The Labute approximate surface area is 202 Å². The molecule has 1 saturated heterocycles. The Kier molecular flexibility index (Phi) is 6.48. The van der Waals surface area contributed by atoms with E-state index in [9.17, 15) is 19.8 Å². The van der Waals surface area contributed by atoms with Crippen LogP contribution in [0.3, 0.4) is 0 Å². The number of ether oxygens (including phenoxy) is 1. The Hall–Kier alpha value is -3.58. The van der Waals surface area contributed by atoms with Gasteiger partial charge >= 0.3 is 0 Å². The molecule has 1 fully saturated rings. The first-order chi connectivity index (χ1) is 16.2. The van der Waals surface area contributed by atoms with Crippen molar-refractivity contribution >= 4 is 28.8 Å². The van der Waals surface area contributed by atoms with Crippen molar-refractivity contribution in [2.24, 2.45) is 0 Å². The zero-order valence-electron chi connectivity index (χ0n) is 19.5. The minimum Gasteiger partial charge on any atom is -0.508 e. The van der Waals surface area contributed by atoms with E-state index in [0.29, 0.717) is 16.9 Å². The molecule has 1 aliphatic heterocycles. The smallest absolute Gasteiger partial charge is 0.295 e. The zero-order chi connectivity index (χ0) is 24.6. The first-order valence-electron chi connectivity index (χ1n) is 11.0. The van der Waals surface area contributed by atoms with Crippen LogP contribution in [0.25, 0.3) is 5.76 Å². The molecule has 3 aromatic rings. The summed E-state index contributed by atoms with van der Waals surface area (Å²) in [5, 5.41) is 23.2. The van der Waals surface area contributed by atoms with Crippen molar-refractivity contribution in [3.05, 3.63) is 86.6 Å². The number of aromatic hydroxyl groups is 1. The van der Waals surface area contributed by atoms with Gasteiger partial charge in [0.05, 0.1) is 25.3 Å². The molecule has 1 unspecified atom stereocenters. The van der Waals surface area contributed by atoms with Gasteiger partial charge in [-0.2, -0.15) is 0 Å². The second-order valence-corrected chi connectivity index (χ2v) is 9.69. The Bertz CT molecular complexity index is 1260. The number of aliphatic hydroxyl groups excluding tert-OH is 1. The normalized spacial score (nSPS) is 17.6. The van der Waals surface area contributed by atoms with Crippen molar-refractivity contribution in [2.45, 2.75) is 39.3 Å². The molecule has 1 amide bonds. The largest absolute Gasteiger partial charge is 0.508 e. The molecule has 2 N–H and O–H groups in total. The van der Waals surface area contributed by atoms with Gasteiger partial charge in [-0.25, -0.2) is 0 Å². The first-order valence-corrected chi connectivity index (χ1v) is 11.9. The predicted octanol–water partition coefficient (Wildman–Crippen LogP) is 5.52. The van der Waals surface area contributed by atoms with Gasteiger partial charge in [-0.15, -0.1) is 11.3 Å². The lowest BCUT2D eigenvalue weighted by molar-refractivity contribution is -0.140. The third-order valence-electron chi connectivity index (χ3n) is 6.11. The molecule has 34 heavy (non-hydrogen) atoms. The van der Waals surface area contributed by atoms with E-state index in [0.717, 1.165) is 16.0 Å². The number of amides is 1. The Balaban J connectivity index is 1.92. The number of phenols is 1. The van der Waals surface area contributed by atoms with Crippen molar-refractivity contribution in [2.75, 3.05) is 7.11 Å². The van der Waals surface area contributed by atoms with Crippen molar-refractivity contribution in [1.82, 2.24) is 4.90 Å². The minimum absolute atomic E-state index is 0.0372. The van der Waals surface area contributed by atoms with Gasteiger partial charge in [0.1, 0.15) is 17.3 Å². The lowest BCUT2D eigenvalue weighted by Crippen LogP contribution is -2.28. The average Bonchev–Trinajstić information content (AvgIpc) is 3.41. The van der Waals surface area contributed by atoms with Crippen molar-refractivity contribution in [3.63, 3.8) is 0 Å². The summed E-state index contributed by atoms with van der Waals surface area (Å²) in [6.45, 7) is 6.11. The Morgan fingerprint density at radius 3 is 2.44 bits per heavy atom. The summed E-state index contributed by atoms with van der Waals surface area (Å²) >= 11 is 1.49. The molecule has 0 bridgehead atoms. The fourth-order valence-corrected chi connectivity index (χ4v) is 5.05. The summed E-state index contributed by atoms with van der Waals surface area (Å²) in [6.07, 6.45) is 0. The highest BCUT2D eigenvalue weighted by molar-refractivity contribution is 7.09. The quantitative estimate of drug-likeness (QED) is 0.277. The van der Waals surface area contributed by atoms with Crippen LogP contribution < -0.4 is 4.74 Å². The monoisotopic (exact) mass is 477 g/mol. The fourth-order valence-electron chi connectivity index (χ4n) is 4.34. The third kappa shape index (κ3) is 4.19. The van der Waals surface area contributed by atoms with Crippen LogP contribution in [-0.4, -0.2) is 33.9 Å². The molecule has 0 saturated carbocycles. The summed E-state index contributed by atoms with van der Waals surface area (Å²) in [5.74, 6) is -0.705. The summed E-state index contributed by atoms with van der Waals surface area (Å²) in [6, 6.07) is 13.0. The van der Waals surface area contributed by atoms with Gasteiger partial charge in [0.15, 0.2) is 0 Å². The molecule has 0 spiro atoms. The molecular formula is C27H27NO5S. The first kappa shape index (κ1) is 23.6. The number of likely N-dealkylation sites (tertiary alicyclic amines) is 1. The van der Waals surface area contributed by atoms with Gasteiger partial charge in [-0.3, -0.25) is 9.59 Å². The van der Waals surface area contributed by atoms with Gasteiger partial charge in [0.25, 0.3) is 11.7 Å². The second kappa shape index (κ2) is 9.35. The van der Waals surface area contributed by atoms with Crippen molar-refractivity contribution in [3.8, 4) is 11.5 Å². The van der Waals surface area contributed by atoms with E-state index in [2.05, 4.69) is 0 Å². The zero-order valence-corrected chi connectivity index (χ0v) is 20.3.